The van der Waals surface area contributed by atoms with E-state index in [9.17, 15) is 13.0 Å². The highest BCUT2D eigenvalue weighted by Crippen LogP contribution is 2.31. The van der Waals surface area contributed by atoms with E-state index in [1.54, 1.807) is 12.1 Å². The fraction of sp³-hybridized carbons (Fsp3) is 0.0400. The summed E-state index contributed by atoms with van der Waals surface area (Å²) in [7, 11) is -4.31. The van der Waals surface area contributed by atoms with Crippen molar-refractivity contribution in [2.45, 2.75) is 26.5 Å². The van der Waals surface area contributed by atoms with Crippen LogP contribution in [0.3, 0.4) is 0 Å². The molecule has 0 unspecified atom stereocenters. The summed E-state index contributed by atoms with van der Waals surface area (Å²) in [5.41, 5.74) is 0.928. The molecule has 4 aromatic rings. The second-order valence-electron chi connectivity index (χ2n) is 6.79. The van der Waals surface area contributed by atoms with Crippen molar-refractivity contribution in [1.82, 2.24) is 0 Å². The van der Waals surface area contributed by atoms with Gasteiger partial charge in [0.15, 0.2) is 14.7 Å². The molecule has 4 rings (SSSR count). The van der Waals surface area contributed by atoms with Crippen molar-refractivity contribution in [3.63, 3.8) is 0 Å². The molecular formula is C25H20I2O3S2. The maximum absolute atomic E-state index is 10.4. The number of rotatable bonds is 4. The summed E-state index contributed by atoms with van der Waals surface area (Å²) in [5, 5.41) is 0. The number of halogens is 2. The summed E-state index contributed by atoms with van der Waals surface area (Å²) >= 11 is 4.71. The quantitative estimate of drug-likeness (QED) is 0.134. The summed E-state index contributed by atoms with van der Waals surface area (Å²) in [6, 6.07) is 34.3. The highest BCUT2D eigenvalue weighted by molar-refractivity contribution is 14.1. The van der Waals surface area contributed by atoms with Crippen LogP contribution in [-0.4, -0.2) is 13.0 Å². The van der Waals surface area contributed by atoms with Gasteiger partial charge in [0.05, 0.1) is 15.8 Å². The Morgan fingerprint density at radius 2 is 1.03 bits per heavy atom. The first kappa shape index (κ1) is 25.2. The van der Waals surface area contributed by atoms with E-state index in [0.717, 1.165) is 5.56 Å². The Bertz CT molecular complexity index is 1200. The molecule has 0 saturated carbocycles. The Balaban J connectivity index is 0.000000222. The van der Waals surface area contributed by atoms with Crippen molar-refractivity contribution < 1.29 is 13.0 Å². The van der Waals surface area contributed by atoms with Gasteiger partial charge in [-0.15, -0.1) is 0 Å². The van der Waals surface area contributed by atoms with Crippen LogP contribution in [0.25, 0.3) is 0 Å². The fourth-order valence-corrected chi connectivity index (χ4v) is 6.06. The smallest absolute Gasteiger partial charge is 0.166 e. The molecule has 0 radical (unpaired) electrons. The van der Waals surface area contributed by atoms with Crippen molar-refractivity contribution in [2.24, 2.45) is 0 Å². The Morgan fingerprint density at radius 1 is 0.625 bits per heavy atom. The van der Waals surface area contributed by atoms with Gasteiger partial charge in [0, 0.05) is 7.14 Å². The van der Waals surface area contributed by atoms with Gasteiger partial charge in [-0.3, -0.25) is 0 Å². The molecule has 0 aliphatic rings. The Kier molecular flexibility index (Phi) is 9.18. The Morgan fingerprint density at radius 3 is 1.44 bits per heavy atom. The van der Waals surface area contributed by atoms with Gasteiger partial charge < -0.3 is 4.55 Å². The average Bonchev–Trinajstić information content (AvgIpc) is 2.77. The molecule has 7 heteroatoms. The van der Waals surface area contributed by atoms with E-state index in [1.807, 2.05) is 6.92 Å². The van der Waals surface area contributed by atoms with E-state index in [1.165, 1.54) is 34.0 Å². The molecule has 0 spiro atoms. The predicted molar refractivity (Wildman–Crippen MR) is 146 cm³/mol. The number of benzene rings is 4. The van der Waals surface area contributed by atoms with Gasteiger partial charge in [-0.25, -0.2) is 8.42 Å². The third-order valence-corrected chi connectivity index (χ3v) is 8.91. The Hall–Kier alpha value is -1.40. The molecule has 0 fully saturated rings. The van der Waals surface area contributed by atoms with Crippen LogP contribution in [0.2, 0.25) is 0 Å². The standard InChI is InChI=1S/C18H13I2S.C7H8O3S/c19-14-6-10-17(11-7-14)21(16-4-2-1-3-5-16)18-12-8-15(20)9-13-18;1-6-2-4-7(5-3-6)11(8,9)10/h1-13H;2-5H,1H3,(H,8,9,10)/q+1;/p-1. The van der Waals surface area contributed by atoms with E-state index in [0.29, 0.717) is 0 Å². The van der Waals surface area contributed by atoms with Crippen LogP contribution >= 0.6 is 45.2 Å². The maximum atomic E-state index is 10.4. The molecule has 32 heavy (non-hydrogen) atoms. The molecule has 0 atom stereocenters. The molecular weight excluding hydrogens is 666 g/mol. The lowest BCUT2D eigenvalue weighted by Crippen LogP contribution is -2.04. The minimum atomic E-state index is -4.27. The van der Waals surface area contributed by atoms with Crippen LogP contribution in [0.4, 0.5) is 0 Å². The van der Waals surface area contributed by atoms with Crippen molar-refractivity contribution in [1.29, 1.82) is 0 Å². The zero-order chi connectivity index (χ0) is 23.1. The molecule has 0 aromatic heterocycles. The van der Waals surface area contributed by atoms with Gasteiger partial charge in [-0.1, -0.05) is 35.9 Å². The highest BCUT2D eigenvalue weighted by atomic mass is 127. The lowest BCUT2D eigenvalue weighted by Gasteiger charge is -2.08. The van der Waals surface area contributed by atoms with Crippen LogP contribution in [-0.2, 0) is 21.0 Å². The van der Waals surface area contributed by atoms with Crippen molar-refractivity contribution in [2.75, 3.05) is 0 Å². The average molecular weight is 686 g/mol. The monoisotopic (exact) mass is 686 g/mol. The summed E-state index contributed by atoms with van der Waals surface area (Å²) < 4.78 is 33.7. The van der Waals surface area contributed by atoms with Gasteiger partial charge in [0.2, 0.25) is 0 Å². The normalized spacial score (nSPS) is 11.0. The Labute approximate surface area is 219 Å². The third kappa shape index (κ3) is 7.31. The minimum absolute atomic E-state index is 0.0378. The minimum Gasteiger partial charge on any atom is -0.744 e. The summed E-state index contributed by atoms with van der Waals surface area (Å²) in [6.07, 6.45) is 0. The second kappa shape index (κ2) is 11.6. The molecule has 0 aliphatic heterocycles. The summed E-state index contributed by atoms with van der Waals surface area (Å²) in [6.45, 7) is 1.82. The molecule has 164 valence electrons. The van der Waals surface area contributed by atoms with E-state index in [4.69, 9.17) is 0 Å². The van der Waals surface area contributed by atoms with E-state index < -0.39 is 10.1 Å². The van der Waals surface area contributed by atoms with Crippen LogP contribution in [0.15, 0.2) is 123 Å². The number of aryl methyl sites for hydroxylation is 1. The van der Waals surface area contributed by atoms with E-state index in [-0.39, 0.29) is 15.8 Å². The lowest BCUT2D eigenvalue weighted by atomic mass is 10.2. The SMILES string of the molecule is Cc1ccc(S(=O)(=O)[O-])cc1.Ic1ccc([S+](c2ccccc2)c2ccc(I)cc2)cc1. The molecule has 3 nitrogen and oxygen atoms in total. The molecule has 0 N–H and O–H groups in total. The molecule has 0 heterocycles. The van der Waals surface area contributed by atoms with Crippen LogP contribution in [0, 0.1) is 14.1 Å². The molecule has 0 aliphatic carbocycles. The molecule has 0 saturated heterocycles. The lowest BCUT2D eigenvalue weighted by molar-refractivity contribution is 0.463. The predicted octanol–water partition coefficient (Wildman–Crippen LogP) is 6.89. The highest BCUT2D eigenvalue weighted by Gasteiger charge is 2.28. The van der Waals surface area contributed by atoms with Crippen LogP contribution < -0.4 is 0 Å². The summed E-state index contributed by atoms with van der Waals surface area (Å²) in [4.78, 5) is 3.91. The first-order chi connectivity index (χ1) is 15.2. The van der Waals surface area contributed by atoms with Crippen LogP contribution in [0.1, 0.15) is 5.56 Å². The fourth-order valence-electron chi connectivity index (χ4n) is 2.81. The molecule has 0 amide bonds. The van der Waals surface area contributed by atoms with Crippen molar-refractivity contribution in [3.8, 4) is 0 Å². The van der Waals surface area contributed by atoms with Gasteiger partial charge in [0.1, 0.15) is 10.1 Å². The third-order valence-electron chi connectivity index (χ3n) is 4.39. The summed E-state index contributed by atoms with van der Waals surface area (Å²) in [5.74, 6) is 0. The number of hydrogen-bond donors (Lipinski definition) is 0. The second-order valence-corrected chi connectivity index (χ2v) is 12.7. The van der Waals surface area contributed by atoms with Gasteiger partial charge in [-0.2, -0.15) is 0 Å². The zero-order valence-electron chi connectivity index (χ0n) is 17.1. The zero-order valence-corrected chi connectivity index (χ0v) is 23.1. The van der Waals surface area contributed by atoms with Crippen molar-refractivity contribution >= 4 is 66.2 Å². The number of hydrogen-bond acceptors (Lipinski definition) is 3. The van der Waals surface area contributed by atoms with Gasteiger partial charge >= 0.3 is 0 Å². The van der Waals surface area contributed by atoms with Gasteiger partial charge in [-0.05, 0) is 125 Å². The maximum Gasteiger partial charge on any atom is 0.166 e. The van der Waals surface area contributed by atoms with Crippen molar-refractivity contribution in [3.05, 3.63) is 116 Å². The molecule has 0 bridgehead atoms. The van der Waals surface area contributed by atoms with E-state index >= 15 is 0 Å². The van der Waals surface area contributed by atoms with Crippen LogP contribution in [0.5, 0.6) is 0 Å². The largest absolute Gasteiger partial charge is 0.744 e. The van der Waals surface area contributed by atoms with E-state index in [2.05, 4.69) is 124 Å². The first-order valence-electron chi connectivity index (χ1n) is 9.57. The topological polar surface area (TPSA) is 57.2 Å². The van der Waals surface area contributed by atoms with Gasteiger partial charge in [0.25, 0.3) is 0 Å². The molecule has 4 aromatic carbocycles. The first-order valence-corrected chi connectivity index (χ1v) is 14.4.